The topological polar surface area (TPSA) is 72.6 Å². The molecule has 3 heterocycles. The Hall–Kier alpha value is -2.64. The second-order valence-corrected chi connectivity index (χ2v) is 11.2. The van der Waals surface area contributed by atoms with Gasteiger partial charge in [-0.25, -0.2) is 0 Å². The number of pyridine rings is 1. The highest BCUT2D eigenvalue weighted by atomic mass is 35.5. The number of hydrogen-bond acceptors (Lipinski definition) is 7. The lowest BCUT2D eigenvalue weighted by molar-refractivity contribution is -0.122. The zero-order chi connectivity index (χ0) is 26.7. The monoisotopic (exact) mass is 555 g/mol. The fourth-order valence-electron chi connectivity index (χ4n) is 4.76. The highest BCUT2D eigenvalue weighted by Gasteiger charge is 2.34. The predicted molar refractivity (Wildman–Crippen MR) is 155 cm³/mol. The van der Waals surface area contributed by atoms with Gasteiger partial charge in [0.1, 0.15) is 21.8 Å². The largest absolute Gasteiger partial charge is 0.355 e. The van der Waals surface area contributed by atoms with E-state index in [-0.39, 0.29) is 23.6 Å². The van der Waals surface area contributed by atoms with Gasteiger partial charge in [-0.05, 0) is 43.2 Å². The third-order valence-corrected chi connectivity index (χ3v) is 8.59. The summed E-state index contributed by atoms with van der Waals surface area (Å²) < 4.78 is 2.16. The van der Waals surface area contributed by atoms with Crippen molar-refractivity contribution in [1.82, 2.24) is 14.4 Å². The van der Waals surface area contributed by atoms with Gasteiger partial charge < -0.3 is 9.80 Å². The summed E-state index contributed by atoms with van der Waals surface area (Å²) in [7, 11) is 0. The number of likely N-dealkylation sites (N-methyl/N-ethyl adjacent to an activating group) is 1. The van der Waals surface area contributed by atoms with Crippen molar-refractivity contribution in [3.05, 3.63) is 66.8 Å². The molecule has 1 aromatic carbocycles. The van der Waals surface area contributed by atoms with E-state index in [1.807, 2.05) is 31.2 Å². The summed E-state index contributed by atoms with van der Waals surface area (Å²) in [5, 5.41) is 10.4. The molecule has 194 valence electrons. The van der Waals surface area contributed by atoms with Crippen LogP contribution in [0.15, 0.2) is 34.0 Å². The van der Waals surface area contributed by atoms with Gasteiger partial charge in [0.15, 0.2) is 0 Å². The molecule has 0 radical (unpaired) electrons. The summed E-state index contributed by atoms with van der Waals surface area (Å²) in [5.74, 6) is 0.568. The number of carbonyl (C=O) groups excluding carboxylic acids is 1. The van der Waals surface area contributed by atoms with E-state index in [0.717, 1.165) is 56.1 Å². The van der Waals surface area contributed by atoms with Crippen LogP contribution in [0.4, 0.5) is 5.82 Å². The van der Waals surface area contributed by atoms with Crippen LogP contribution in [-0.4, -0.2) is 57.3 Å². The third-order valence-electron chi connectivity index (χ3n) is 6.85. The quantitative estimate of drug-likeness (QED) is 0.364. The average Bonchev–Trinajstić information content (AvgIpc) is 3.16. The Bertz CT molecular complexity index is 1360. The van der Waals surface area contributed by atoms with E-state index in [0.29, 0.717) is 26.4 Å². The standard InChI is InChI=1S/C27H30ClN5O2S2/c1-4-10-32-24(31-13-11-30(5-2)12-14-31)20(18(3)21(16-29)25(32)34)15-23-26(35)33(27(36)37-23)17-19-8-6-7-9-22(19)28/h6-9,15H,4-5,10-14,17H2,1-3H3/b23-15-. The number of anilines is 1. The van der Waals surface area contributed by atoms with Crippen molar-refractivity contribution in [2.45, 2.75) is 40.3 Å². The minimum absolute atomic E-state index is 0.113. The summed E-state index contributed by atoms with van der Waals surface area (Å²) in [6.45, 7) is 11.0. The lowest BCUT2D eigenvalue weighted by atomic mass is 10.0. The van der Waals surface area contributed by atoms with E-state index < -0.39 is 0 Å². The molecule has 0 unspecified atom stereocenters. The molecule has 1 aromatic heterocycles. The Morgan fingerprint density at radius 3 is 2.49 bits per heavy atom. The first-order valence-corrected chi connectivity index (χ1v) is 14.0. The van der Waals surface area contributed by atoms with Crippen molar-refractivity contribution in [1.29, 1.82) is 5.26 Å². The molecule has 0 N–H and O–H groups in total. The molecule has 2 aliphatic heterocycles. The zero-order valence-electron chi connectivity index (χ0n) is 21.3. The molecule has 7 nitrogen and oxygen atoms in total. The molecule has 37 heavy (non-hydrogen) atoms. The Labute approximate surface area is 232 Å². The Balaban J connectivity index is 1.80. The van der Waals surface area contributed by atoms with Crippen LogP contribution in [0, 0.1) is 18.3 Å². The number of piperazine rings is 1. The number of nitrogens with zero attached hydrogens (tertiary/aromatic N) is 5. The summed E-state index contributed by atoms with van der Waals surface area (Å²) in [6, 6.07) is 9.50. The number of amides is 1. The van der Waals surface area contributed by atoms with Gasteiger partial charge in [-0.3, -0.25) is 19.1 Å². The zero-order valence-corrected chi connectivity index (χ0v) is 23.7. The van der Waals surface area contributed by atoms with Crippen LogP contribution in [0.5, 0.6) is 0 Å². The van der Waals surface area contributed by atoms with Crippen molar-refractivity contribution in [3.63, 3.8) is 0 Å². The number of rotatable bonds is 7. The van der Waals surface area contributed by atoms with Gasteiger partial charge in [0.05, 0.1) is 11.4 Å². The number of thiocarbonyl (C=S) groups is 1. The van der Waals surface area contributed by atoms with E-state index in [4.69, 9.17) is 23.8 Å². The van der Waals surface area contributed by atoms with Crippen molar-refractivity contribution < 1.29 is 4.79 Å². The molecule has 0 aliphatic carbocycles. The van der Waals surface area contributed by atoms with E-state index in [1.165, 1.54) is 11.8 Å². The summed E-state index contributed by atoms with van der Waals surface area (Å²) in [4.78, 5) is 33.5. The van der Waals surface area contributed by atoms with E-state index >= 15 is 0 Å². The molecule has 2 aromatic rings. The first-order chi connectivity index (χ1) is 17.8. The molecular formula is C27H30ClN5O2S2. The average molecular weight is 556 g/mol. The minimum atomic E-state index is -0.279. The molecule has 2 fully saturated rings. The second kappa shape index (κ2) is 11.8. The fourth-order valence-corrected chi connectivity index (χ4v) is 6.19. The van der Waals surface area contributed by atoms with Gasteiger partial charge in [-0.15, -0.1) is 0 Å². The van der Waals surface area contributed by atoms with Crippen LogP contribution in [0.25, 0.3) is 6.08 Å². The molecule has 10 heteroatoms. The normalized spacial score (nSPS) is 17.6. The van der Waals surface area contributed by atoms with E-state index in [2.05, 4.69) is 22.8 Å². The molecule has 0 spiro atoms. The molecule has 2 aliphatic rings. The van der Waals surface area contributed by atoms with Crippen LogP contribution in [0.3, 0.4) is 0 Å². The molecule has 0 saturated carbocycles. The number of thioether (sulfide) groups is 1. The van der Waals surface area contributed by atoms with Crippen molar-refractivity contribution >= 4 is 57.7 Å². The van der Waals surface area contributed by atoms with Crippen LogP contribution in [0.2, 0.25) is 5.02 Å². The SMILES string of the molecule is CCCn1c(N2CCN(CC)CC2)c(/C=C2\SC(=S)N(Cc3ccccc3Cl)C2=O)c(C)c(C#N)c1=O. The second-order valence-electron chi connectivity index (χ2n) is 9.09. The lowest BCUT2D eigenvalue weighted by Crippen LogP contribution is -2.48. The minimum Gasteiger partial charge on any atom is -0.355 e. The Kier molecular flexibility index (Phi) is 8.75. The Morgan fingerprint density at radius 1 is 1.16 bits per heavy atom. The molecule has 0 bridgehead atoms. The summed E-state index contributed by atoms with van der Waals surface area (Å²) in [6.07, 6.45) is 2.56. The molecule has 0 atom stereocenters. The molecule has 4 rings (SSSR count). The van der Waals surface area contributed by atoms with Crippen LogP contribution in [-0.2, 0) is 17.9 Å². The number of nitriles is 1. The van der Waals surface area contributed by atoms with Crippen LogP contribution in [0.1, 0.15) is 42.5 Å². The summed E-state index contributed by atoms with van der Waals surface area (Å²) >= 11 is 13.1. The maximum absolute atomic E-state index is 13.5. The van der Waals surface area contributed by atoms with Crippen LogP contribution >= 0.6 is 35.6 Å². The predicted octanol–water partition coefficient (Wildman–Crippen LogP) is 4.64. The highest BCUT2D eigenvalue weighted by Crippen LogP contribution is 2.37. The maximum Gasteiger partial charge on any atom is 0.270 e. The Morgan fingerprint density at radius 2 is 1.86 bits per heavy atom. The molecular weight excluding hydrogens is 526 g/mol. The van der Waals surface area contributed by atoms with Crippen molar-refractivity contribution in [2.75, 3.05) is 37.6 Å². The smallest absolute Gasteiger partial charge is 0.270 e. The van der Waals surface area contributed by atoms with E-state index in [1.54, 1.807) is 22.5 Å². The molecule has 2 saturated heterocycles. The molecule has 1 amide bonds. The van der Waals surface area contributed by atoms with Gasteiger partial charge in [0.25, 0.3) is 11.5 Å². The third kappa shape index (κ3) is 5.48. The fraction of sp³-hybridized carbons (Fsp3) is 0.407. The van der Waals surface area contributed by atoms with Gasteiger partial charge in [-0.1, -0.05) is 67.6 Å². The van der Waals surface area contributed by atoms with Gasteiger partial charge in [0.2, 0.25) is 0 Å². The van der Waals surface area contributed by atoms with Gasteiger partial charge >= 0.3 is 0 Å². The summed E-state index contributed by atoms with van der Waals surface area (Å²) in [5.41, 5.74) is 1.97. The number of benzene rings is 1. The lowest BCUT2D eigenvalue weighted by Gasteiger charge is -2.37. The van der Waals surface area contributed by atoms with E-state index in [9.17, 15) is 14.9 Å². The number of aromatic nitrogens is 1. The van der Waals surface area contributed by atoms with Gasteiger partial charge in [-0.2, -0.15) is 5.26 Å². The van der Waals surface area contributed by atoms with Crippen LogP contribution < -0.4 is 10.5 Å². The first-order valence-electron chi connectivity index (χ1n) is 12.4. The number of hydrogen-bond donors (Lipinski definition) is 0. The first kappa shape index (κ1) is 27.4. The van der Waals surface area contributed by atoms with Crippen molar-refractivity contribution in [2.24, 2.45) is 0 Å². The van der Waals surface area contributed by atoms with Gasteiger partial charge in [0, 0.05) is 43.3 Å². The number of carbonyl (C=O) groups is 1. The number of halogens is 1. The maximum atomic E-state index is 13.5. The highest BCUT2D eigenvalue weighted by molar-refractivity contribution is 8.26. The van der Waals surface area contributed by atoms with Crippen molar-refractivity contribution in [3.8, 4) is 6.07 Å².